The van der Waals surface area contributed by atoms with Crippen molar-refractivity contribution in [3.63, 3.8) is 0 Å². The predicted octanol–water partition coefficient (Wildman–Crippen LogP) is 1.25. The largest absolute Gasteiger partial charge is 0.478 e. The molecule has 0 fully saturated rings. The van der Waals surface area contributed by atoms with Crippen LogP contribution >= 0.6 is 0 Å². The highest BCUT2D eigenvalue weighted by Gasteiger charge is 2.18. The minimum atomic E-state index is -3.59. The van der Waals surface area contributed by atoms with Gasteiger partial charge < -0.3 is 10.4 Å². The van der Waals surface area contributed by atoms with Crippen molar-refractivity contribution >= 4 is 21.7 Å². The summed E-state index contributed by atoms with van der Waals surface area (Å²) in [6, 6.07) is 4.13. The van der Waals surface area contributed by atoms with E-state index in [2.05, 4.69) is 5.32 Å². The number of carboxylic acid groups (broad SMARTS) is 1. The molecule has 0 bridgehead atoms. The van der Waals surface area contributed by atoms with E-state index < -0.39 is 15.8 Å². The summed E-state index contributed by atoms with van der Waals surface area (Å²) in [5, 5.41) is 11.5. The second-order valence-corrected chi connectivity index (χ2v) is 6.68. The highest BCUT2D eigenvalue weighted by atomic mass is 32.2. The lowest BCUT2D eigenvalue weighted by molar-refractivity contribution is -0.120. The molecular formula is C14H19NO5S. The van der Waals surface area contributed by atoms with Gasteiger partial charge in [0.1, 0.15) is 0 Å². The van der Waals surface area contributed by atoms with Crippen LogP contribution < -0.4 is 5.32 Å². The number of nitrogens with one attached hydrogen (secondary N) is 1. The summed E-state index contributed by atoms with van der Waals surface area (Å²) in [6.45, 7) is 1.80. The molecular weight excluding hydrogens is 294 g/mol. The smallest absolute Gasteiger partial charge is 0.336 e. The van der Waals surface area contributed by atoms with Gasteiger partial charge in [-0.05, 0) is 30.5 Å². The van der Waals surface area contributed by atoms with Gasteiger partial charge in [-0.3, -0.25) is 4.79 Å². The number of rotatable bonds is 7. The van der Waals surface area contributed by atoms with Crippen LogP contribution in [0, 0.1) is 0 Å². The fourth-order valence-electron chi connectivity index (χ4n) is 1.92. The summed E-state index contributed by atoms with van der Waals surface area (Å²) in [7, 11) is -2.10. The number of amides is 1. The molecule has 0 radical (unpaired) electrons. The average molecular weight is 313 g/mol. The van der Waals surface area contributed by atoms with Gasteiger partial charge in [0.2, 0.25) is 5.91 Å². The SMILES string of the molecule is CCc1ccc(S(=O)(=O)CCCC(=O)NC)cc1C(=O)O. The molecule has 0 aliphatic rings. The molecule has 0 heterocycles. The molecule has 0 saturated heterocycles. The van der Waals surface area contributed by atoms with Gasteiger partial charge in [0, 0.05) is 13.5 Å². The maximum atomic E-state index is 12.2. The fourth-order valence-corrected chi connectivity index (χ4v) is 3.25. The molecule has 7 heteroatoms. The third-order valence-electron chi connectivity index (χ3n) is 3.15. The third kappa shape index (κ3) is 4.56. The molecule has 1 rings (SSSR count). The van der Waals surface area contributed by atoms with Crippen LogP contribution in [0.3, 0.4) is 0 Å². The lowest BCUT2D eigenvalue weighted by atomic mass is 10.1. The van der Waals surface area contributed by atoms with Gasteiger partial charge in [-0.1, -0.05) is 13.0 Å². The molecule has 116 valence electrons. The van der Waals surface area contributed by atoms with Crippen LogP contribution in [0.4, 0.5) is 0 Å². The molecule has 6 nitrogen and oxygen atoms in total. The lowest BCUT2D eigenvalue weighted by Gasteiger charge is -2.08. The molecule has 0 saturated carbocycles. The zero-order valence-electron chi connectivity index (χ0n) is 12.0. The highest BCUT2D eigenvalue weighted by molar-refractivity contribution is 7.91. The summed E-state index contributed by atoms with van der Waals surface area (Å²) in [6.07, 6.45) is 0.827. The first-order valence-electron chi connectivity index (χ1n) is 6.61. The quantitative estimate of drug-likeness (QED) is 0.789. The molecule has 0 aliphatic heterocycles. The first-order chi connectivity index (χ1) is 9.81. The Labute approximate surface area is 124 Å². The van der Waals surface area contributed by atoms with E-state index in [9.17, 15) is 18.0 Å². The average Bonchev–Trinajstić information content (AvgIpc) is 2.45. The van der Waals surface area contributed by atoms with Crippen molar-refractivity contribution in [1.29, 1.82) is 0 Å². The Hall–Kier alpha value is -1.89. The second-order valence-electron chi connectivity index (χ2n) is 4.57. The van der Waals surface area contributed by atoms with Crippen molar-refractivity contribution in [2.75, 3.05) is 12.8 Å². The first-order valence-corrected chi connectivity index (χ1v) is 8.26. The molecule has 0 spiro atoms. The Morgan fingerprint density at radius 2 is 1.95 bits per heavy atom. The van der Waals surface area contributed by atoms with Crippen LogP contribution in [-0.4, -0.2) is 38.2 Å². The molecule has 0 unspecified atom stereocenters. The summed E-state index contributed by atoms with van der Waals surface area (Å²) in [5.41, 5.74) is 0.594. The van der Waals surface area contributed by atoms with E-state index in [1.165, 1.54) is 25.2 Å². The number of carbonyl (C=O) groups excluding carboxylic acids is 1. The maximum Gasteiger partial charge on any atom is 0.336 e. The Balaban J connectivity index is 2.96. The Morgan fingerprint density at radius 1 is 1.29 bits per heavy atom. The van der Waals surface area contributed by atoms with Crippen LogP contribution in [0.15, 0.2) is 23.1 Å². The molecule has 0 aliphatic carbocycles. The van der Waals surface area contributed by atoms with Gasteiger partial charge in [-0.15, -0.1) is 0 Å². The van der Waals surface area contributed by atoms with Crippen molar-refractivity contribution < 1.29 is 23.1 Å². The van der Waals surface area contributed by atoms with E-state index in [0.717, 1.165) is 0 Å². The van der Waals surface area contributed by atoms with E-state index in [1.807, 2.05) is 0 Å². The molecule has 1 amide bonds. The minimum Gasteiger partial charge on any atom is -0.478 e. The van der Waals surface area contributed by atoms with Gasteiger partial charge >= 0.3 is 5.97 Å². The van der Waals surface area contributed by atoms with E-state index in [0.29, 0.717) is 12.0 Å². The molecule has 0 aromatic heterocycles. The summed E-state index contributed by atoms with van der Waals surface area (Å²) in [4.78, 5) is 22.2. The van der Waals surface area contributed by atoms with E-state index in [-0.39, 0.29) is 35.0 Å². The third-order valence-corrected chi connectivity index (χ3v) is 4.95. The van der Waals surface area contributed by atoms with Crippen LogP contribution in [0.5, 0.6) is 0 Å². The zero-order chi connectivity index (χ0) is 16.0. The summed E-state index contributed by atoms with van der Waals surface area (Å²) < 4.78 is 24.3. The van der Waals surface area contributed by atoms with Crippen LogP contribution in [0.2, 0.25) is 0 Å². The molecule has 1 aromatic carbocycles. The monoisotopic (exact) mass is 313 g/mol. The molecule has 0 atom stereocenters. The minimum absolute atomic E-state index is 0.00452. The van der Waals surface area contributed by atoms with E-state index >= 15 is 0 Å². The van der Waals surface area contributed by atoms with Gasteiger partial charge in [0.05, 0.1) is 16.2 Å². The van der Waals surface area contributed by atoms with E-state index in [4.69, 9.17) is 5.11 Å². The Kier molecular flexibility index (Phi) is 5.90. The van der Waals surface area contributed by atoms with Gasteiger partial charge in [-0.25, -0.2) is 13.2 Å². The number of carbonyl (C=O) groups is 2. The number of sulfone groups is 1. The summed E-state index contributed by atoms with van der Waals surface area (Å²) in [5.74, 6) is -1.56. The first kappa shape index (κ1) is 17.2. The van der Waals surface area contributed by atoms with Gasteiger partial charge in [0.25, 0.3) is 0 Å². The van der Waals surface area contributed by atoms with Crippen molar-refractivity contribution in [1.82, 2.24) is 5.32 Å². The summed E-state index contributed by atoms with van der Waals surface area (Å²) >= 11 is 0. The van der Waals surface area contributed by atoms with Crippen LogP contribution in [0.25, 0.3) is 0 Å². The standard InChI is InChI=1S/C14H19NO5S/c1-3-10-6-7-11(9-12(10)14(17)18)21(19,20)8-4-5-13(16)15-2/h6-7,9H,3-5,8H2,1-2H3,(H,15,16)(H,17,18). The number of aromatic carboxylic acids is 1. The fraction of sp³-hybridized carbons (Fsp3) is 0.429. The normalized spacial score (nSPS) is 11.1. The Morgan fingerprint density at radius 3 is 2.48 bits per heavy atom. The Bertz CT molecular complexity index is 637. The van der Waals surface area contributed by atoms with Gasteiger partial charge in [-0.2, -0.15) is 0 Å². The predicted molar refractivity (Wildman–Crippen MR) is 78.1 cm³/mol. The van der Waals surface area contributed by atoms with Crippen molar-refractivity contribution in [3.8, 4) is 0 Å². The molecule has 2 N–H and O–H groups in total. The lowest BCUT2D eigenvalue weighted by Crippen LogP contribution is -2.19. The van der Waals surface area contributed by atoms with Crippen molar-refractivity contribution in [2.45, 2.75) is 31.1 Å². The number of hydrogen-bond acceptors (Lipinski definition) is 4. The number of aryl methyl sites for hydroxylation is 1. The number of hydrogen-bond donors (Lipinski definition) is 2. The van der Waals surface area contributed by atoms with Gasteiger partial charge in [0.15, 0.2) is 9.84 Å². The van der Waals surface area contributed by atoms with Crippen LogP contribution in [-0.2, 0) is 21.1 Å². The number of benzene rings is 1. The second kappa shape index (κ2) is 7.21. The van der Waals surface area contributed by atoms with Crippen LogP contribution in [0.1, 0.15) is 35.7 Å². The van der Waals surface area contributed by atoms with Crippen molar-refractivity contribution in [3.05, 3.63) is 29.3 Å². The van der Waals surface area contributed by atoms with E-state index in [1.54, 1.807) is 6.92 Å². The highest BCUT2D eigenvalue weighted by Crippen LogP contribution is 2.19. The molecule has 21 heavy (non-hydrogen) atoms. The molecule has 1 aromatic rings. The maximum absolute atomic E-state index is 12.2. The number of carboxylic acids is 1. The topological polar surface area (TPSA) is 101 Å². The van der Waals surface area contributed by atoms with Crippen molar-refractivity contribution in [2.24, 2.45) is 0 Å². The zero-order valence-corrected chi connectivity index (χ0v) is 12.9.